The Hall–Kier alpha value is -1.54. The van der Waals surface area contributed by atoms with Crippen molar-refractivity contribution >= 4 is 0 Å². The van der Waals surface area contributed by atoms with Crippen molar-refractivity contribution in [2.75, 3.05) is 0 Å². The molecule has 9 heavy (non-hydrogen) atoms. The maximum Gasteiger partial charge on any atom is 0.100 e. The molecule has 0 rings (SSSR count). The highest BCUT2D eigenvalue weighted by atomic mass is 14.3. The van der Waals surface area contributed by atoms with Crippen LogP contribution in [0.15, 0.2) is 23.8 Å². The van der Waals surface area contributed by atoms with E-state index in [0.717, 1.165) is 0 Å². The molecule has 0 saturated heterocycles. The van der Waals surface area contributed by atoms with Crippen LogP contribution in [0.5, 0.6) is 0 Å². The molecule has 2 heteroatoms. The lowest BCUT2D eigenvalue weighted by atomic mass is 10.2. The lowest BCUT2D eigenvalue weighted by molar-refractivity contribution is 1.39. The van der Waals surface area contributed by atoms with Crippen LogP contribution >= 0.6 is 0 Å². The van der Waals surface area contributed by atoms with Gasteiger partial charge in [0, 0.05) is 5.57 Å². The molecule has 0 radical (unpaired) electrons. The monoisotopic (exact) mass is 118 g/mol. The minimum atomic E-state index is 0.345. The second-order valence-corrected chi connectivity index (χ2v) is 1.47. The summed E-state index contributed by atoms with van der Waals surface area (Å²) in [5, 5.41) is 16.6. The van der Waals surface area contributed by atoms with E-state index in [2.05, 4.69) is 6.58 Å². The quantitative estimate of drug-likeness (QED) is 0.387. The first-order valence-electron chi connectivity index (χ1n) is 2.39. The van der Waals surface area contributed by atoms with E-state index in [1.54, 1.807) is 6.92 Å². The molecule has 0 aromatic rings. The average Bonchev–Trinajstić information content (AvgIpc) is 1.90. The van der Waals surface area contributed by atoms with Crippen LogP contribution in [0.4, 0.5) is 0 Å². The molecule has 0 N–H and O–H groups in total. The van der Waals surface area contributed by atoms with Gasteiger partial charge in [0.25, 0.3) is 0 Å². The van der Waals surface area contributed by atoms with Crippen LogP contribution in [0.3, 0.4) is 0 Å². The van der Waals surface area contributed by atoms with Crippen molar-refractivity contribution in [1.82, 2.24) is 0 Å². The molecule has 0 aliphatic rings. The van der Waals surface area contributed by atoms with Gasteiger partial charge in [-0.1, -0.05) is 12.7 Å². The number of nitrogens with zero attached hydrogens (tertiary/aromatic N) is 2. The van der Waals surface area contributed by atoms with E-state index < -0.39 is 0 Å². The molecule has 0 amide bonds. The van der Waals surface area contributed by atoms with Crippen LogP contribution in [0.1, 0.15) is 6.92 Å². The van der Waals surface area contributed by atoms with Crippen molar-refractivity contribution in [3.63, 3.8) is 0 Å². The van der Waals surface area contributed by atoms with Gasteiger partial charge in [0.05, 0.1) is 11.6 Å². The van der Waals surface area contributed by atoms with Gasteiger partial charge in [-0.15, -0.1) is 0 Å². The molecule has 0 aliphatic heterocycles. The molecule has 0 aromatic heterocycles. The highest BCUT2D eigenvalue weighted by Gasteiger charge is 1.92. The Labute approximate surface area is 54.3 Å². The molecule has 0 saturated carbocycles. The number of nitriles is 2. The summed E-state index contributed by atoms with van der Waals surface area (Å²) in [5.41, 5.74) is 0.755. The van der Waals surface area contributed by atoms with Crippen LogP contribution in [0, 0.1) is 22.7 Å². The summed E-state index contributed by atoms with van der Waals surface area (Å²) in [6.45, 7) is 4.95. The zero-order valence-electron chi connectivity index (χ0n) is 5.18. The Morgan fingerprint density at radius 2 is 2.00 bits per heavy atom. The Morgan fingerprint density at radius 1 is 1.44 bits per heavy atom. The summed E-state index contributed by atoms with van der Waals surface area (Å²) in [6.07, 6.45) is 1.37. The van der Waals surface area contributed by atoms with Gasteiger partial charge in [0.1, 0.15) is 6.07 Å². The summed E-state index contributed by atoms with van der Waals surface area (Å²) in [5.74, 6) is 0. The lowest BCUT2D eigenvalue weighted by Gasteiger charge is -1.84. The normalized spacial score (nSPS) is 10.6. The van der Waals surface area contributed by atoms with Crippen LogP contribution < -0.4 is 0 Å². The number of hydrogen-bond donors (Lipinski definition) is 0. The van der Waals surface area contributed by atoms with E-state index in [4.69, 9.17) is 10.5 Å². The molecular weight excluding hydrogens is 112 g/mol. The fourth-order valence-electron chi connectivity index (χ4n) is 0.343. The fourth-order valence-corrected chi connectivity index (χ4v) is 0.343. The molecule has 0 unspecified atom stereocenters. The van der Waals surface area contributed by atoms with E-state index in [9.17, 15) is 0 Å². The Bertz CT molecular complexity index is 222. The Kier molecular flexibility index (Phi) is 2.87. The average molecular weight is 118 g/mol. The molecule has 0 bridgehead atoms. The maximum absolute atomic E-state index is 8.30. The largest absolute Gasteiger partial charge is 0.193 e. The molecule has 44 valence electrons. The summed E-state index contributed by atoms with van der Waals surface area (Å²) in [4.78, 5) is 0. The SMILES string of the molecule is C=C/C(C#N)=C(\C)C#N. The molecule has 0 heterocycles. The van der Waals surface area contributed by atoms with Gasteiger partial charge in [0.15, 0.2) is 0 Å². The van der Waals surface area contributed by atoms with Crippen molar-refractivity contribution < 1.29 is 0 Å². The van der Waals surface area contributed by atoms with Gasteiger partial charge < -0.3 is 0 Å². The van der Waals surface area contributed by atoms with Gasteiger partial charge in [-0.3, -0.25) is 0 Å². The van der Waals surface area contributed by atoms with Gasteiger partial charge in [-0.25, -0.2) is 0 Å². The zero-order valence-corrected chi connectivity index (χ0v) is 5.18. The minimum absolute atomic E-state index is 0.345. The number of hydrogen-bond acceptors (Lipinski definition) is 2. The topological polar surface area (TPSA) is 47.6 Å². The molecule has 0 spiro atoms. The first kappa shape index (κ1) is 7.46. The first-order chi connectivity index (χ1) is 4.26. The predicted octanol–water partition coefficient (Wildman–Crippen LogP) is 1.54. The van der Waals surface area contributed by atoms with Gasteiger partial charge in [0.2, 0.25) is 0 Å². The zero-order chi connectivity index (χ0) is 7.28. The van der Waals surface area contributed by atoms with Crippen molar-refractivity contribution in [1.29, 1.82) is 10.5 Å². The molecule has 0 atom stereocenters. The van der Waals surface area contributed by atoms with Gasteiger partial charge in [-0.2, -0.15) is 10.5 Å². The van der Waals surface area contributed by atoms with E-state index in [1.165, 1.54) is 6.08 Å². The van der Waals surface area contributed by atoms with E-state index in [1.807, 2.05) is 12.1 Å². The molecule has 0 fully saturated rings. The van der Waals surface area contributed by atoms with Gasteiger partial charge in [-0.05, 0) is 6.92 Å². The third-order valence-electron chi connectivity index (χ3n) is 0.896. The highest BCUT2D eigenvalue weighted by molar-refractivity contribution is 5.41. The van der Waals surface area contributed by atoms with E-state index >= 15 is 0 Å². The second-order valence-electron chi connectivity index (χ2n) is 1.47. The molecular formula is C7H6N2. The van der Waals surface area contributed by atoms with Crippen molar-refractivity contribution in [3.05, 3.63) is 23.8 Å². The third kappa shape index (κ3) is 1.80. The van der Waals surface area contributed by atoms with Crippen LogP contribution in [0.2, 0.25) is 0 Å². The molecule has 0 aliphatic carbocycles. The fraction of sp³-hybridized carbons (Fsp3) is 0.143. The van der Waals surface area contributed by atoms with Crippen LogP contribution in [-0.4, -0.2) is 0 Å². The number of rotatable bonds is 1. The maximum atomic E-state index is 8.30. The smallest absolute Gasteiger partial charge is 0.100 e. The molecule has 0 aromatic carbocycles. The summed E-state index contributed by atoms with van der Waals surface area (Å²) in [7, 11) is 0. The highest BCUT2D eigenvalue weighted by Crippen LogP contribution is 2.00. The Morgan fingerprint density at radius 3 is 2.11 bits per heavy atom. The van der Waals surface area contributed by atoms with Crippen molar-refractivity contribution in [2.24, 2.45) is 0 Å². The van der Waals surface area contributed by atoms with Crippen LogP contribution in [-0.2, 0) is 0 Å². The summed E-state index contributed by atoms with van der Waals surface area (Å²) >= 11 is 0. The lowest BCUT2D eigenvalue weighted by Crippen LogP contribution is -1.76. The van der Waals surface area contributed by atoms with Crippen molar-refractivity contribution in [3.8, 4) is 12.1 Å². The summed E-state index contributed by atoms with van der Waals surface area (Å²) in [6, 6.07) is 3.69. The van der Waals surface area contributed by atoms with Crippen molar-refractivity contribution in [2.45, 2.75) is 6.92 Å². The van der Waals surface area contributed by atoms with Crippen LogP contribution in [0.25, 0.3) is 0 Å². The molecule has 2 nitrogen and oxygen atoms in total. The third-order valence-corrected chi connectivity index (χ3v) is 0.896. The van der Waals surface area contributed by atoms with E-state index in [-0.39, 0.29) is 0 Å². The Balaban J connectivity index is 4.70. The first-order valence-corrected chi connectivity index (χ1v) is 2.39. The standard InChI is InChI=1S/C7H6N2/c1-3-7(5-9)6(2)4-8/h3H,1H2,2H3/b7-6-. The second kappa shape index (κ2) is 3.46. The van der Waals surface area contributed by atoms with E-state index in [0.29, 0.717) is 11.1 Å². The summed E-state index contributed by atoms with van der Waals surface area (Å²) < 4.78 is 0. The number of allylic oxidation sites excluding steroid dienone is 3. The predicted molar refractivity (Wildman–Crippen MR) is 34.1 cm³/mol. The van der Waals surface area contributed by atoms with Gasteiger partial charge >= 0.3 is 0 Å². The minimum Gasteiger partial charge on any atom is -0.193 e.